The predicted octanol–water partition coefficient (Wildman–Crippen LogP) is 2.03. The zero-order valence-corrected chi connectivity index (χ0v) is 12.7. The Balaban J connectivity index is 2.15. The molecule has 0 aliphatic heterocycles. The highest BCUT2D eigenvalue weighted by atomic mass is 19.1. The van der Waals surface area contributed by atoms with E-state index in [2.05, 4.69) is 15.5 Å². The van der Waals surface area contributed by atoms with E-state index in [-0.39, 0.29) is 17.8 Å². The van der Waals surface area contributed by atoms with Gasteiger partial charge in [-0.2, -0.15) is 5.10 Å². The first-order valence-electron chi connectivity index (χ1n) is 6.80. The highest BCUT2D eigenvalue weighted by Crippen LogP contribution is 2.23. The third kappa shape index (κ3) is 3.48. The van der Waals surface area contributed by atoms with Gasteiger partial charge in [-0.15, -0.1) is 0 Å². The summed E-state index contributed by atoms with van der Waals surface area (Å²) < 4.78 is 27.8. The summed E-state index contributed by atoms with van der Waals surface area (Å²) >= 11 is 0. The van der Waals surface area contributed by atoms with E-state index in [0.29, 0.717) is 0 Å². The average molecular weight is 308 g/mol. The number of hydrogen-bond donors (Lipinski definition) is 2. The summed E-state index contributed by atoms with van der Waals surface area (Å²) in [6.45, 7) is 1.84. The first kappa shape index (κ1) is 16.1. The van der Waals surface area contributed by atoms with E-state index in [1.165, 1.54) is 18.2 Å². The van der Waals surface area contributed by atoms with Crippen LogP contribution in [0.2, 0.25) is 0 Å². The Morgan fingerprint density at radius 1 is 1.36 bits per heavy atom. The summed E-state index contributed by atoms with van der Waals surface area (Å²) in [6.07, 6.45) is 0. The summed E-state index contributed by atoms with van der Waals surface area (Å²) in [7, 11) is 3.39. The van der Waals surface area contributed by atoms with Crippen molar-refractivity contribution < 1.29 is 13.6 Å². The van der Waals surface area contributed by atoms with Gasteiger partial charge in [0.1, 0.15) is 17.3 Å². The Morgan fingerprint density at radius 2 is 2.00 bits per heavy atom. The smallest absolute Gasteiger partial charge is 0.271 e. The predicted molar refractivity (Wildman–Crippen MR) is 78.4 cm³/mol. The van der Waals surface area contributed by atoms with Crippen LogP contribution >= 0.6 is 0 Å². The Morgan fingerprint density at radius 3 is 2.50 bits per heavy atom. The number of carbonyl (C=O) groups is 1. The number of aromatic amines is 1. The molecule has 0 aliphatic rings. The highest BCUT2D eigenvalue weighted by Gasteiger charge is 2.23. The first-order chi connectivity index (χ1) is 10.4. The lowest BCUT2D eigenvalue weighted by atomic mass is 10.0. The van der Waals surface area contributed by atoms with Gasteiger partial charge in [0.25, 0.3) is 5.91 Å². The van der Waals surface area contributed by atoms with Gasteiger partial charge in [-0.1, -0.05) is 6.07 Å². The number of rotatable bonds is 5. The molecule has 1 heterocycles. The SMILES string of the molecule is Cc1cc(C(=O)NC[C@@H](c2c(F)cccc2F)N(C)C)n[nH]1. The van der Waals surface area contributed by atoms with Crippen molar-refractivity contribution in [1.82, 2.24) is 20.4 Å². The molecule has 0 spiro atoms. The standard InChI is InChI=1S/C15H18F2N4O/c1-9-7-12(20-19-9)15(22)18-8-13(21(2)3)14-10(16)5-4-6-11(14)17/h4-7,13H,8H2,1-3H3,(H,18,22)(H,19,20)/t13-/m0/s1. The van der Waals surface area contributed by atoms with E-state index in [9.17, 15) is 13.6 Å². The molecule has 1 amide bonds. The van der Waals surface area contributed by atoms with Crippen LogP contribution < -0.4 is 5.32 Å². The normalized spacial score (nSPS) is 12.5. The fourth-order valence-corrected chi connectivity index (χ4v) is 2.19. The third-order valence-corrected chi connectivity index (χ3v) is 3.35. The van der Waals surface area contributed by atoms with Gasteiger partial charge >= 0.3 is 0 Å². The van der Waals surface area contributed by atoms with Crippen LogP contribution in [-0.2, 0) is 0 Å². The van der Waals surface area contributed by atoms with E-state index >= 15 is 0 Å². The molecule has 1 aromatic carbocycles. The summed E-state index contributed by atoms with van der Waals surface area (Å²) in [5, 5.41) is 9.17. The van der Waals surface area contributed by atoms with Crippen molar-refractivity contribution in [3.63, 3.8) is 0 Å². The molecular weight excluding hydrogens is 290 g/mol. The molecule has 0 unspecified atom stereocenters. The Kier molecular flexibility index (Phi) is 4.87. The first-order valence-corrected chi connectivity index (χ1v) is 6.80. The second-order valence-corrected chi connectivity index (χ2v) is 5.26. The largest absolute Gasteiger partial charge is 0.349 e. The average Bonchev–Trinajstić information content (AvgIpc) is 2.88. The zero-order valence-electron chi connectivity index (χ0n) is 12.7. The molecule has 0 aliphatic carbocycles. The summed E-state index contributed by atoms with van der Waals surface area (Å²) in [6, 6.07) is 4.70. The van der Waals surface area contributed by atoms with Gasteiger partial charge in [0.05, 0.1) is 6.04 Å². The molecule has 0 fully saturated rings. The summed E-state index contributed by atoms with van der Waals surface area (Å²) in [4.78, 5) is 13.6. The van der Waals surface area contributed by atoms with E-state index in [1.807, 2.05) is 0 Å². The molecule has 5 nitrogen and oxygen atoms in total. The molecular formula is C15H18F2N4O. The van der Waals surface area contributed by atoms with Gasteiger partial charge in [-0.3, -0.25) is 9.89 Å². The molecule has 22 heavy (non-hydrogen) atoms. The van der Waals surface area contributed by atoms with Crippen LogP contribution in [0.1, 0.15) is 27.8 Å². The van der Waals surface area contributed by atoms with Crippen molar-refractivity contribution >= 4 is 5.91 Å². The lowest BCUT2D eigenvalue weighted by molar-refractivity contribution is 0.0935. The second kappa shape index (κ2) is 6.65. The number of carbonyl (C=O) groups excluding carboxylic acids is 1. The van der Waals surface area contributed by atoms with Crippen molar-refractivity contribution in [2.45, 2.75) is 13.0 Å². The monoisotopic (exact) mass is 308 g/mol. The van der Waals surface area contributed by atoms with Crippen LogP contribution in [-0.4, -0.2) is 41.6 Å². The van der Waals surface area contributed by atoms with Crippen LogP contribution in [0.25, 0.3) is 0 Å². The molecule has 118 valence electrons. The maximum Gasteiger partial charge on any atom is 0.271 e. The minimum Gasteiger partial charge on any atom is -0.349 e. The van der Waals surface area contributed by atoms with Crippen molar-refractivity contribution in [2.75, 3.05) is 20.6 Å². The Labute approximate surface area is 127 Å². The van der Waals surface area contributed by atoms with Crippen LogP contribution in [0.4, 0.5) is 8.78 Å². The number of aryl methyl sites for hydroxylation is 1. The molecule has 7 heteroatoms. The molecule has 0 bridgehead atoms. The number of amides is 1. The number of nitrogens with zero attached hydrogens (tertiary/aromatic N) is 2. The van der Waals surface area contributed by atoms with Crippen molar-refractivity contribution in [2.24, 2.45) is 0 Å². The molecule has 1 aromatic heterocycles. The summed E-state index contributed by atoms with van der Waals surface area (Å²) in [5.41, 5.74) is 0.935. The minimum absolute atomic E-state index is 0.0639. The lowest BCUT2D eigenvalue weighted by Gasteiger charge is -2.25. The van der Waals surface area contributed by atoms with E-state index in [1.54, 1.807) is 32.0 Å². The van der Waals surface area contributed by atoms with Gasteiger partial charge in [0.2, 0.25) is 0 Å². The number of hydrogen-bond acceptors (Lipinski definition) is 3. The van der Waals surface area contributed by atoms with Gasteiger partial charge < -0.3 is 10.2 Å². The van der Waals surface area contributed by atoms with Gasteiger partial charge in [-0.05, 0) is 39.2 Å². The molecule has 2 rings (SSSR count). The van der Waals surface area contributed by atoms with Gasteiger partial charge in [-0.25, -0.2) is 8.78 Å². The van der Waals surface area contributed by atoms with E-state index in [4.69, 9.17) is 0 Å². The molecule has 2 aromatic rings. The maximum absolute atomic E-state index is 13.9. The number of halogens is 2. The zero-order chi connectivity index (χ0) is 16.3. The molecule has 0 saturated carbocycles. The number of benzene rings is 1. The van der Waals surface area contributed by atoms with Crippen LogP contribution in [0.5, 0.6) is 0 Å². The number of likely N-dealkylation sites (N-methyl/N-ethyl adjacent to an activating group) is 1. The third-order valence-electron chi connectivity index (χ3n) is 3.35. The summed E-state index contributed by atoms with van der Waals surface area (Å²) in [5.74, 6) is -1.67. The van der Waals surface area contributed by atoms with Crippen LogP contribution in [0.15, 0.2) is 24.3 Å². The van der Waals surface area contributed by atoms with E-state index in [0.717, 1.165) is 5.69 Å². The van der Waals surface area contributed by atoms with Crippen molar-refractivity contribution in [3.05, 3.63) is 52.9 Å². The van der Waals surface area contributed by atoms with Gasteiger partial charge in [0.15, 0.2) is 0 Å². The van der Waals surface area contributed by atoms with Gasteiger partial charge in [0, 0.05) is 17.8 Å². The fraction of sp³-hybridized carbons (Fsp3) is 0.333. The lowest BCUT2D eigenvalue weighted by Crippen LogP contribution is -2.35. The molecule has 1 atom stereocenters. The fourth-order valence-electron chi connectivity index (χ4n) is 2.19. The molecule has 0 saturated heterocycles. The topological polar surface area (TPSA) is 61.0 Å². The maximum atomic E-state index is 13.9. The number of H-pyrrole nitrogens is 1. The van der Waals surface area contributed by atoms with Crippen molar-refractivity contribution in [3.8, 4) is 0 Å². The Hall–Kier alpha value is -2.28. The number of nitrogens with one attached hydrogen (secondary N) is 2. The quantitative estimate of drug-likeness (QED) is 0.888. The van der Waals surface area contributed by atoms with Crippen molar-refractivity contribution in [1.29, 1.82) is 0 Å². The highest BCUT2D eigenvalue weighted by molar-refractivity contribution is 5.92. The van der Waals surface area contributed by atoms with E-state index < -0.39 is 23.6 Å². The molecule has 0 radical (unpaired) electrons. The number of aromatic nitrogens is 2. The molecule has 2 N–H and O–H groups in total. The van der Waals surface area contributed by atoms with Crippen LogP contribution in [0, 0.1) is 18.6 Å². The minimum atomic E-state index is -0.636. The second-order valence-electron chi connectivity index (χ2n) is 5.26. The van der Waals surface area contributed by atoms with Crippen LogP contribution in [0.3, 0.4) is 0 Å². The Bertz CT molecular complexity index is 649.